The molecule has 5 nitrogen and oxygen atoms in total. The number of aliphatic carboxylic acids is 1. The number of benzene rings is 1. The average Bonchev–Trinajstić information content (AvgIpc) is 2.53. The molecule has 2 heterocycles. The van der Waals surface area contributed by atoms with Gasteiger partial charge in [0.2, 0.25) is 0 Å². The topological polar surface area (TPSA) is 66.3 Å². The van der Waals surface area contributed by atoms with E-state index in [0.29, 0.717) is 0 Å². The lowest BCUT2D eigenvalue weighted by Crippen LogP contribution is -2.37. The van der Waals surface area contributed by atoms with Crippen molar-refractivity contribution in [2.75, 3.05) is 19.6 Å². The summed E-state index contributed by atoms with van der Waals surface area (Å²) in [4.78, 5) is 22.3. The first-order valence-electron chi connectivity index (χ1n) is 7.38. The Morgan fingerprint density at radius 2 is 1.95 bits per heavy atom. The molecule has 110 valence electrons. The predicted molar refractivity (Wildman–Crippen MR) is 80.0 cm³/mol. The van der Waals surface area contributed by atoms with Gasteiger partial charge in [0.1, 0.15) is 0 Å². The van der Waals surface area contributed by atoms with Gasteiger partial charge in [-0.1, -0.05) is 12.1 Å². The molecule has 0 bridgehead atoms. The van der Waals surface area contributed by atoms with E-state index in [4.69, 9.17) is 5.11 Å². The van der Waals surface area contributed by atoms with E-state index in [-0.39, 0.29) is 5.92 Å². The number of fused-ring (bicyclic) bond motifs is 1. The fourth-order valence-corrected chi connectivity index (χ4v) is 2.79. The molecule has 1 saturated heterocycles. The Balaban J connectivity index is 1.56. The number of likely N-dealkylation sites (tertiary alicyclic amines) is 1. The molecule has 1 aromatic heterocycles. The number of piperidine rings is 1. The first-order chi connectivity index (χ1) is 10.2. The zero-order valence-electron chi connectivity index (χ0n) is 11.9. The normalized spacial score (nSPS) is 17.1. The summed E-state index contributed by atoms with van der Waals surface area (Å²) in [5, 5.41) is 9.00. The SMILES string of the molecule is O=C(O)C1CCN(CCc2cnc3ccccc3n2)CC1. The maximum absolute atomic E-state index is 10.9. The summed E-state index contributed by atoms with van der Waals surface area (Å²) < 4.78 is 0. The summed E-state index contributed by atoms with van der Waals surface area (Å²) in [7, 11) is 0. The van der Waals surface area contributed by atoms with Crippen LogP contribution in [-0.2, 0) is 11.2 Å². The van der Waals surface area contributed by atoms with Crippen LogP contribution in [0.2, 0.25) is 0 Å². The van der Waals surface area contributed by atoms with Gasteiger partial charge in [0.05, 0.1) is 22.6 Å². The van der Waals surface area contributed by atoms with Crippen molar-refractivity contribution < 1.29 is 9.90 Å². The first-order valence-corrected chi connectivity index (χ1v) is 7.38. The molecule has 1 aromatic carbocycles. The highest BCUT2D eigenvalue weighted by atomic mass is 16.4. The molecule has 1 N–H and O–H groups in total. The second kappa shape index (κ2) is 6.18. The minimum Gasteiger partial charge on any atom is -0.481 e. The molecule has 0 atom stereocenters. The van der Waals surface area contributed by atoms with Crippen LogP contribution in [0.5, 0.6) is 0 Å². The Morgan fingerprint density at radius 1 is 1.24 bits per heavy atom. The van der Waals surface area contributed by atoms with Gasteiger partial charge >= 0.3 is 5.97 Å². The lowest BCUT2D eigenvalue weighted by Gasteiger charge is -2.29. The van der Waals surface area contributed by atoms with Crippen molar-refractivity contribution in [1.29, 1.82) is 0 Å². The number of carboxylic acid groups (broad SMARTS) is 1. The number of rotatable bonds is 4. The minimum atomic E-state index is -0.657. The van der Waals surface area contributed by atoms with Gasteiger partial charge in [0.25, 0.3) is 0 Å². The van der Waals surface area contributed by atoms with E-state index in [0.717, 1.165) is 55.6 Å². The summed E-state index contributed by atoms with van der Waals surface area (Å²) in [6, 6.07) is 7.87. The highest BCUT2D eigenvalue weighted by Gasteiger charge is 2.24. The molecule has 0 unspecified atom stereocenters. The Labute approximate surface area is 123 Å². The number of carbonyl (C=O) groups is 1. The van der Waals surface area contributed by atoms with Crippen molar-refractivity contribution >= 4 is 17.0 Å². The van der Waals surface area contributed by atoms with Crippen LogP contribution in [0.4, 0.5) is 0 Å². The summed E-state index contributed by atoms with van der Waals surface area (Å²) >= 11 is 0. The van der Waals surface area contributed by atoms with E-state index < -0.39 is 5.97 Å². The fourth-order valence-electron chi connectivity index (χ4n) is 2.79. The molecule has 0 spiro atoms. The van der Waals surface area contributed by atoms with Gasteiger partial charge in [-0.2, -0.15) is 0 Å². The molecule has 0 saturated carbocycles. The summed E-state index contributed by atoms with van der Waals surface area (Å²) in [5.41, 5.74) is 2.84. The molecule has 5 heteroatoms. The molecule has 3 rings (SSSR count). The highest BCUT2D eigenvalue weighted by molar-refractivity contribution is 5.73. The Morgan fingerprint density at radius 3 is 2.67 bits per heavy atom. The van der Waals surface area contributed by atoms with Crippen molar-refractivity contribution in [2.45, 2.75) is 19.3 Å². The number of aromatic nitrogens is 2. The van der Waals surface area contributed by atoms with Crippen molar-refractivity contribution in [1.82, 2.24) is 14.9 Å². The second-order valence-corrected chi connectivity index (χ2v) is 5.55. The van der Waals surface area contributed by atoms with E-state index >= 15 is 0 Å². The number of carboxylic acids is 1. The molecule has 1 aliphatic rings. The standard InChI is InChI=1S/C16H19N3O2/c20-16(21)12-5-8-19(9-6-12)10-7-13-11-17-14-3-1-2-4-15(14)18-13/h1-4,11-12H,5-10H2,(H,20,21). The quantitative estimate of drug-likeness (QED) is 0.930. The van der Waals surface area contributed by atoms with E-state index in [1.807, 2.05) is 30.5 Å². The number of para-hydroxylation sites is 2. The minimum absolute atomic E-state index is 0.165. The summed E-state index contributed by atoms with van der Waals surface area (Å²) in [6.07, 6.45) is 4.19. The van der Waals surface area contributed by atoms with Crippen LogP contribution in [0.3, 0.4) is 0 Å². The maximum atomic E-state index is 10.9. The zero-order chi connectivity index (χ0) is 14.7. The Bertz CT molecular complexity index is 636. The Hall–Kier alpha value is -2.01. The molecule has 0 amide bonds. The van der Waals surface area contributed by atoms with Crippen LogP contribution < -0.4 is 0 Å². The van der Waals surface area contributed by atoms with Gasteiger partial charge in [-0.3, -0.25) is 9.78 Å². The third-order valence-electron chi connectivity index (χ3n) is 4.12. The summed E-state index contributed by atoms with van der Waals surface area (Å²) in [6.45, 7) is 2.63. The molecule has 2 aromatic rings. The van der Waals surface area contributed by atoms with Gasteiger partial charge in [-0.05, 0) is 38.1 Å². The fraction of sp³-hybridized carbons (Fsp3) is 0.438. The lowest BCUT2D eigenvalue weighted by molar-refractivity contribution is -0.143. The number of hydrogen-bond donors (Lipinski definition) is 1. The monoisotopic (exact) mass is 285 g/mol. The van der Waals surface area contributed by atoms with Gasteiger partial charge in [0, 0.05) is 19.2 Å². The van der Waals surface area contributed by atoms with Crippen LogP contribution in [0.25, 0.3) is 11.0 Å². The third kappa shape index (κ3) is 3.36. The first kappa shape index (κ1) is 13.9. The van der Waals surface area contributed by atoms with Gasteiger partial charge in [-0.25, -0.2) is 4.98 Å². The number of nitrogens with zero attached hydrogens (tertiary/aromatic N) is 3. The summed E-state index contributed by atoms with van der Waals surface area (Å²) in [5.74, 6) is -0.822. The van der Waals surface area contributed by atoms with E-state index in [9.17, 15) is 4.79 Å². The molecule has 1 fully saturated rings. The van der Waals surface area contributed by atoms with Gasteiger partial charge < -0.3 is 10.0 Å². The largest absolute Gasteiger partial charge is 0.481 e. The van der Waals surface area contributed by atoms with Crippen molar-refractivity contribution in [3.8, 4) is 0 Å². The van der Waals surface area contributed by atoms with Crippen molar-refractivity contribution in [3.63, 3.8) is 0 Å². The van der Waals surface area contributed by atoms with Gasteiger partial charge in [0.15, 0.2) is 0 Å². The van der Waals surface area contributed by atoms with E-state index in [2.05, 4.69) is 14.9 Å². The van der Waals surface area contributed by atoms with Crippen molar-refractivity contribution in [3.05, 3.63) is 36.2 Å². The van der Waals surface area contributed by atoms with Gasteiger partial charge in [-0.15, -0.1) is 0 Å². The van der Waals surface area contributed by atoms with E-state index in [1.165, 1.54) is 0 Å². The second-order valence-electron chi connectivity index (χ2n) is 5.55. The lowest BCUT2D eigenvalue weighted by atomic mass is 9.97. The molecule has 1 aliphatic heterocycles. The molecule has 0 radical (unpaired) electrons. The predicted octanol–water partition coefficient (Wildman–Crippen LogP) is 1.97. The average molecular weight is 285 g/mol. The van der Waals surface area contributed by atoms with Crippen LogP contribution in [-0.4, -0.2) is 45.6 Å². The smallest absolute Gasteiger partial charge is 0.306 e. The third-order valence-corrected chi connectivity index (χ3v) is 4.12. The van der Waals surface area contributed by atoms with Crippen LogP contribution in [0, 0.1) is 5.92 Å². The van der Waals surface area contributed by atoms with Crippen LogP contribution in [0.15, 0.2) is 30.5 Å². The highest BCUT2D eigenvalue weighted by Crippen LogP contribution is 2.17. The molecular formula is C16H19N3O2. The van der Waals surface area contributed by atoms with Crippen LogP contribution in [0.1, 0.15) is 18.5 Å². The Kier molecular flexibility index (Phi) is 4.10. The van der Waals surface area contributed by atoms with Crippen molar-refractivity contribution in [2.24, 2.45) is 5.92 Å². The van der Waals surface area contributed by atoms with E-state index in [1.54, 1.807) is 0 Å². The molecule has 21 heavy (non-hydrogen) atoms. The number of hydrogen-bond acceptors (Lipinski definition) is 4. The zero-order valence-corrected chi connectivity index (χ0v) is 11.9. The molecule has 0 aliphatic carbocycles. The van der Waals surface area contributed by atoms with Crippen LogP contribution >= 0.6 is 0 Å². The molecular weight excluding hydrogens is 266 g/mol. The maximum Gasteiger partial charge on any atom is 0.306 e.